The van der Waals surface area contributed by atoms with Gasteiger partial charge < -0.3 is 5.32 Å². The smallest absolute Gasteiger partial charge is 0.263 e. The second-order valence-electron chi connectivity index (χ2n) is 7.63. The van der Waals surface area contributed by atoms with E-state index in [2.05, 4.69) is 35.8 Å². The van der Waals surface area contributed by atoms with Crippen LogP contribution in [0.25, 0.3) is 0 Å². The van der Waals surface area contributed by atoms with Crippen LogP contribution >= 0.6 is 0 Å². The Bertz CT molecular complexity index is 1090. The van der Waals surface area contributed by atoms with Crippen molar-refractivity contribution in [3.05, 3.63) is 84.1 Å². The van der Waals surface area contributed by atoms with Crippen molar-refractivity contribution in [2.45, 2.75) is 31.1 Å². The Morgan fingerprint density at radius 3 is 2.10 bits per heavy atom. The van der Waals surface area contributed by atoms with Gasteiger partial charge >= 0.3 is 0 Å². The van der Waals surface area contributed by atoms with Gasteiger partial charge in [-0.15, -0.1) is 0 Å². The van der Waals surface area contributed by atoms with Gasteiger partial charge in [0, 0.05) is 17.4 Å². The quantitative estimate of drug-likeness (QED) is 0.652. The second kappa shape index (κ2) is 8.05. The van der Waals surface area contributed by atoms with Gasteiger partial charge in [0.25, 0.3) is 15.9 Å². The zero-order chi connectivity index (χ0) is 21.1. The number of anilines is 2. The third-order valence-corrected chi connectivity index (χ3v) is 5.71. The summed E-state index contributed by atoms with van der Waals surface area (Å²) in [6, 6.07) is 18.4. The van der Waals surface area contributed by atoms with Crippen LogP contribution in [0.3, 0.4) is 0 Å². The zero-order valence-electron chi connectivity index (χ0n) is 16.5. The molecule has 0 unspecified atom stereocenters. The number of pyridine rings is 1. The summed E-state index contributed by atoms with van der Waals surface area (Å²) in [6.45, 7) is 6.33. The molecule has 1 heterocycles. The minimum atomic E-state index is -3.75. The average molecular weight is 410 g/mol. The standard InChI is InChI=1S/C22H23N3O3S/c1-22(2,3)17-9-7-16(8-10-17)21(26)24-18-11-13-19(14-12-18)29(27,28)25-20-6-4-5-15-23-20/h4-15H,1-3H3,(H,23,25)(H,24,26). The van der Waals surface area contributed by atoms with Crippen molar-refractivity contribution >= 4 is 27.4 Å². The van der Waals surface area contributed by atoms with E-state index >= 15 is 0 Å². The lowest BCUT2D eigenvalue weighted by Crippen LogP contribution is -2.15. The lowest BCUT2D eigenvalue weighted by Gasteiger charge is -2.19. The van der Waals surface area contributed by atoms with E-state index in [4.69, 9.17) is 0 Å². The van der Waals surface area contributed by atoms with Gasteiger partial charge in [-0.25, -0.2) is 13.4 Å². The minimum Gasteiger partial charge on any atom is -0.322 e. The molecule has 2 aromatic carbocycles. The minimum absolute atomic E-state index is 0.0135. The molecule has 1 amide bonds. The summed E-state index contributed by atoms with van der Waals surface area (Å²) in [6.07, 6.45) is 1.50. The molecular weight excluding hydrogens is 386 g/mol. The Morgan fingerprint density at radius 2 is 1.55 bits per heavy atom. The molecule has 0 bridgehead atoms. The van der Waals surface area contributed by atoms with Crippen LogP contribution < -0.4 is 10.0 Å². The van der Waals surface area contributed by atoms with E-state index in [0.717, 1.165) is 5.56 Å². The van der Waals surface area contributed by atoms with E-state index in [1.807, 2.05) is 12.1 Å². The van der Waals surface area contributed by atoms with Crippen LogP contribution in [-0.4, -0.2) is 19.3 Å². The van der Waals surface area contributed by atoms with Crippen LogP contribution in [0.15, 0.2) is 77.8 Å². The van der Waals surface area contributed by atoms with Crippen molar-refractivity contribution in [3.63, 3.8) is 0 Å². The molecule has 2 N–H and O–H groups in total. The van der Waals surface area contributed by atoms with Gasteiger partial charge in [0.05, 0.1) is 4.90 Å². The predicted molar refractivity (Wildman–Crippen MR) is 115 cm³/mol. The number of aromatic nitrogens is 1. The molecule has 3 aromatic rings. The maximum Gasteiger partial charge on any atom is 0.263 e. The summed E-state index contributed by atoms with van der Waals surface area (Å²) in [4.78, 5) is 16.5. The normalized spacial score (nSPS) is 11.7. The Labute approximate surface area is 171 Å². The molecule has 0 fully saturated rings. The predicted octanol–water partition coefficient (Wildman–Crippen LogP) is 4.43. The Hall–Kier alpha value is -3.19. The van der Waals surface area contributed by atoms with Gasteiger partial charge in [0.2, 0.25) is 0 Å². The fourth-order valence-electron chi connectivity index (χ4n) is 2.66. The number of carbonyl (C=O) groups excluding carboxylic acids is 1. The monoisotopic (exact) mass is 409 g/mol. The summed E-state index contributed by atoms with van der Waals surface area (Å²) in [5.41, 5.74) is 2.20. The van der Waals surface area contributed by atoms with Crippen LogP contribution in [0.4, 0.5) is 11.5 Å². The summed E-state index contributed by atoms with van der Waals surface area (Å²) in [5, 5.41) is 2.78. The molecule has 0 aliphatic heterocycles. The van der Waals surface area contributed by atoms with Crippen molar-refractivity contribution < 1.29 is 13.2 Å². The number of sulfonamides is 1. The van der Waals surface area contributed by atoms with Crippen molar-refractivity contribution in [1.29, 1.82) is 0 Å². The number of nitrogens with one attached hydrogen (secondary N) is 2. The van der Waals surface area contributed by atoms with Crippen LogP contribution in [0.1, 0.15) is 36.7 Å². The number of hydrogen-bond donors (Lipinski definition) is 2. The number of hydrogen-bond acceptors (Lipinski definition) is 4. The summed E-state index contributed by atoms with van der Waals surface area (Å²) in [5.74, 6) is -0.0174. The molecular formula is C22H23N3O3S. The first-order valence-electron chi connectivity index (χ1n) is 9.11. The largest absolute Gasteiger partial charge is 0.322 e. The number of benzene rings is 2. The molecule has 29 heavy (non-hydrogen) atoms. The average Bonchev–Trinajstić information content (AvgIpc) is 2.68. The fraction of sp³-hybridized carbons (Fsp3) is 0.182. The highest BCUT2D eigenvalue weighted by Gasteiger charge is 2.16. The molecule has 0 atom stereocenters. The lowest BCUT2D eigenvalue weighted by atomic mass is 9.87. The first-order chi connectivity index (χ1) is 13.6. The van der Waals surface area contributed by atoms with Gasteiger partial charge in [-0.1, -0.05) is 39.0 Å². The van der Waals surface area contributed by atoms with E-state index in [0.29, 0.717) is 11.3 Å². The highest BCUT2D eigenvalue weighted by Crippen LogP contribution is 2.23. The molecule has 0 radical (unpaired) electrons. The first-order valence-corrected chi connectivity index (χ1v) is 10.6. The Balaban J connectivity index is 1.69. The summed E-state index contributed by atoms with van der Waals surface area (Å²) in [7, 11) is -3.75. The van der Waals surface area contributed by atoms with Crippen molar-refractivity contribution in [2.75, 3.05) is 10.0 Å². The van der Waals surface area contributed by atoms with Crippen molar-refractivity contribution in [2.24, 2.45) is 0 Å². The molecule has 0 saturated heterocycles. The van der Waals surface area contributed by atoms with Gasteiger partial charge in [-0.3, -0.25) is 9.52 Å². The molecule has 0 saturated carbocycles. The van der Waals surface area contributed by atoms with Gasteiger partial charge in [-0.05, 0) is 59.5 Å². The van der Waals surface area contributed by atoms with Gasteiger partial charge in [0.15, 0.2) is 0 Å². The Kier molecular flexibility index (Phi) is 5.70. The molecule has 7 heteroatoms. The Morgan fingerprint density at radius 1 is 0.897 bits per heavy atom. The van der Waals surface area contributed by atoms with E-state index in [-0.39, 0.29) is 22.0 Å². The van der Waals surface area contributed by atoms with Crippen LogP contribution in [0, 0.1) is 0 Å². The molecule has 3 rings (SSSR count). The van der Waals surface area contributed by atoms with E-state index in [1.165, 1.54) is 18.3 Å². The SMILES string of the molecule is CC(C)(C)c1ccc(C(=O)Nc2ccc(S(=O)(=O)Nc3ccccn3)cc2)cc1. The summed E-state index contributed by atoms with van der Waals surface area (Å²) < 4.78 is 27.3. The lowest BCUT2D eigenvalue weighted by molar-refractivity contribution is 0.102. The zero-order valence-corrected chi connectivity index (χ0v) is 17.3. The van der Waals surface area contributed by atoms with Gasteiger partial charge in [0.1, 0.15) is 5.82 Å². The third-order valence-electron chi connectivity index (χ3n) is 4.34. The highest BCUT2D eigenvalue weighted by molar-refractivity contribution is 7.92. The van der Waals surface area contributed by atoms with Crippen molar-refractivity contribution in [3.8, 4) is 0 Å². The molecule has 6 nitrogen and oxygen atoms in total. The summed E-state index contributed by atoms with van der Waals surface area (Å²) >= 11 is 0. The van der Waals surface area contributed by atoms with Crippen LogP contribution in [-0.2, 0) is 15.4 Å². The highest BCUT2D eigenvalue weighted by atomic mass is 32.2. The number of amides is 1. The molecule has 0 spiro atoms. The molecule has 0 aliphatic rings. The van der Waals surface area contributed by atoms with Crippen LogP contribution in [0.5, 0.6) is 0 Å². The topological polar surface area (TPSA) is 88.2 Å². The maximum atomic E-state index is 12.4. The van der Waals surface area contributed by atoms with Crippen molar-refractivity contribution in [1.82, 2.24) is 4.98 Å². The fourth-order valence-corrected chi connectivity index (χ4v) is 3.67. The second-order valence-corrected chi connectivity index (χ2v) is 9.31. The molecule has 0 aliphatic carbocycles. The van der Waals surface area contributed by atoms with E-state index < -0.39 is 10.0 Å². The third kappa shape index (κ3) is 5.20. The first kappa shape index (κ1) is 20.5. The van der Waals surface area contributed by atoms with E-state index in [9.17, 15) is 13.2 Å². The number of carbonyl (C=O) groups is 1. The van der Waals surface area contributed by atoms with Gasteiger partial charge in [-0.2, -0.15) is 0 Å². The van der Waals surface area contributed by atoms with Crippen LogP contribution in [0.2, 0.25) is 0 Å². The maximum absolute atomic E-state index is 12.4. The molecule has 150 valence electrons. The molecule has 1 aromatic heterocycles. The number of rotatable bonds is 5. The van der Waals surface area contributed by atoms with E-state index in [1.54, 1.807) is 42.5 Å². The number of nitrogens with zero attached hydrogens (tertiary/aromatic N) is 1.